The predicted octanol–water partition coefficient (Wildman–Crippen LogP) is 3.36. The molecule has 2 aliphatic heterocycles. The molecule has 8 heteroatoms. The molecule has 0 saturated carbocycles. The topological polar surface area (TPSA) is 74.2 Å². The molecule has 150 valence electrons. The van der Waals surface area contributed by atoms with Crippen molar-refractivity contribution in [3.05, 3.63) is 42.6 Å². The molecule has 4 heterocycles. The number of aromatic hydroxyl groups is 1. The number of halogens is 2. The zero-order valence-electron chi connectivity index (χ0n) is 15.9. The van der Waals surface area contributed by atoms with Crippen LogP contribution in [0.1, 0.15) is 19.3 Å². The predicted molar refractivity (Wildman–Crippen MR) is 106 cm³/mol. The van der Waals surface area contributed by atoms with Crippen LogP contribution in [-0.2, 0) is 0 Å². The molecule has 0 radical (unpaired) electrons. The fourth-order valence-corrected chi connectivity index (χ4v) is 4.50. The van der Waals surface area contributed by atoms with Gasteiger partial charge in [-0.2, -0.15) is 0 Å². The summed E-state index contributed by atoms with van der Waals surface area (Å²) in [6.45, 7) is 0. The molecule has 0 amide bonds. The lowest BCUT2D eigenvalue weighted by atomic mass is 9.98. The van der Waals surface area contributed by atoms with Gasteiger partial charge in [-0.25, -0.2) is 8.78 Å². The second-order valence-corrected chi connectivity index (χ2v) is 7.96. The van der Waals surface area contributed by atoms with Crippen LogP contribution < -0.4 is 10.2 Å². The molecular formula is C21H21F2N5O. The van der Waals surface area contributed by atoms with E-state index in [1.165, 1.54) is 0 Å². The van der Waals surface area contributed by atoms with Crippen LogP contribution >= 0.6 is 0 Å². The molecule has 29 heavy (non-hydrogen) atoms. The number of anilines is 1. The lowest BCUT2D eigenvalue weighted by Gasteiger charge is -2.36. The van der Waals surface area contributed by atoms with E-state index < -0.39 is 12.0 Å². The number of hydrogen-bond acceptors (Lipinski definition) is 6. The number of alkyl halides is 2. The highest BCUT2D eigenvalue weighted by Gasteiger charge is 2.53. The minimum atomic E-state index is -2.64. The van der Waals surface area contributed by atoms with Gasteiger partial charge in [0.2, 0.25) is 0 Å². The molecule has 0 spiro atoms. The summed E-state index contributed by atoms with van der Waals surface area (Å²) in [5.41, 5.74) is 1.82. The Balaban J connectivity index is 1.39. The second kappa shape index (κ2) is 6.59. The van der Waals surface area contributed by atoms with E-state index in [0.717, 1.165) is 5.39 Å². The number of phenolic OH excluding ortho intramolecular Hbond substituents is 1. The first-order valence-corrected chi connectivity index (χ1v) is 9.69. The zero-order valence-corrected chi connectivity index (χ0v) is 15.9. The number of rotatable bonds is 3. The van der Waals surface area contributed by atoms with Crippen LogP contribution in [0.3, 0.4) is 0 Å². The highest BCUT2D eigenvalue weighted by molar-refractivity contribution is 5.87. The Hall–Kier alpha value is -2.87. The average Bonchev–Trinajstić information content (AvgIpc) is 2.93. The highest BCUT2D eigenvalue weighted by Crippen LogP contribution is 2.40. The number of piperidine rings is 1. The Bertz CT molecular complexity index is 1060. The van der Waals surface area contributed by atoms with E-state index in [0.29, 0.717) is 35.4 Å². The maximum absolute atomic E-state index is 14.0. The Kier molecular flexibility index (Phi) is 4.13. The van der Waals surface area contributed by atoms with Gasteiger partial charge in [-0.3, -0.25) is 4.98 Å². The van der Waals surface area contributed by atoms with Crippen molar-refractivity contribution in [2.24, 2.45) is 0 Å². The molecule has 0 aliphatic carbocycles. The summed E-state index contributed by atoms with van der Waals surface area (Å²) in [6.07, 6.45) is 2.61. The normalized spacial score (nSPS) is 25.3. The van der Waals surface area contributed by atoms with Gasteiger partial charge < -0.3 is 15.3 Å². The van der Waals surface area contributed by atoms with E-state index in [1.54, 1.807) is 18.3 Å². The minimum absolute atomic E-state index is 0.0140. The summed E-state index contributed by atoms with van der Waals surface area (Å²) in [7, 11) is 1.87. The number of aromatic nitrogens is 3. The third-order valence-electron chi connectivity index (χ3n) is 6.09. The molecule has 0 unspecified atom stereocenters. The quantitative estimate of drug-likeness (QED) is 0.706. The van der Waals surface area contributed by atoms with Gasteiger partial charge in [0.05, 0.1) is 17.3 Å². The Labute approximate surface area is 166 Å². The molecule has 2 aromatic heterocycles. The third kappa shape index (κ3) is 3.17. The highest BCUT2D eigenvalue weighted by atomic mass is 19.3. The van der Waals surface area contributed by atoms with Crippen molar-refractivity contribution in [1.82, 2.24) is 20.5 Å². The van der Waals surface area contributed by atoms with Crippen molar-refractivity contribution >= 4 is 16.7 Å². The van der Waals surface area contributed by atoms with Crippen LogP contribution in [0.25, 0.3) is 22.2 Å². The molecule has 1 aromatic carbocycles. The number of phenols is 1. The maximum Gasteiger partial charge on any atom is 0.264 e. The maximum atomic E-state index is 14.0. The summed E-state index contributed by atoms with van der Waals surface area (Å²) in [4.78, 5) is 6.17. The molecule has 2 bridgehead atoms. The van der Waals surface area contributed by atoms with Crippen LogP contribution in [0.5, 0.6) is 5.75 Å². The molecule has 6 nitrogen and oxygen atoms in total. The number of nitrogens with one attached hydrogen (secondary N) is 1. The Morgan fingerprint density at radius 1 is 1.17 bits per heavy atom. The van der Waals surface area contributed by atoms with E-state index in [2.05, 4.69) is 20.5 Å². The van der Waals surface area contributed by atoms with Crippen LogP contribution in [-0.4, -0.2) is 51.4 Å². The molecule has 2 saturated heterocycles. The number of nitrogens with zero attached hydrogens (tertiary/aromatic N) is 4. The molecular weight excluding hydrogens is 376 g/mol. The molecule has 3 aromatic rings. The average molecular weight is 397 g/mol. The number of fused-ring (bicyclic) bond motifs is 3. The molecule has 2 fully saturated rings. The second-order valence-electron chi connectivity index (χ2n) is 7.96. The fraction of sp³-hybridized carbons (Fsp3) is 0.381. The van der Waals surface area contributed by atoms with Gasteiger partial charge in [-0.05, 0) is 37.1 Å². The Morgan fingerprint density at radius 3 is 2.79 bits per heavy atom. The van der Waals surface area contributed by atoms with Gasteiger partial charge in [0.1, 0.15) is 5.75 Å². The third-order valence-corrected chi connectivity index (χ3v) is 6.09. The minimum Gasteiger partial charge on any atom is -0.507 e. The smallest absolute Gasteiger partial charge is 0.264 e. The van der Waals surface area contributed by atoms with Crippen LogP contribution in [0.15, 0.2) is 42.6 Å². The zero-order chi connectivity index (χ0) is 20.2. The van der Waals surface area contributed by atoms with E-state index in [1.807, 2.05) is 36.2 Å². The van der Waals surface area contributed by atoms with Crippen molar-refractivity contribution in [3.63, 3.8) is 0 Å². The first-order valence-electron chi connectivity index (χ1n) is 9.69. The van der Waals surface area contributed by atoms with Gasteiger partial charge in [0.25, 0.3) is 5.92 Å². The van der Waals surface area contributed by atoms with Crippen LogP contribution in [0.2, 0.25) is 0 Å². The van der Waals surface area contributed by atoms with Gasteiger partial charge in [-0.15, -0.1) is 10.2 Å². The largest absolute Gasteiger partial charge is 0.507 e. The lowest BCUT2D eigenvalue weighted by Crippen LogP contribution is -2.49. The van der Waals surface area contributed by atoms with Crippen molar-refractivity contribution < 1.29 is 13.9 Å². The van der Waals surface area contributed by atoms with E-state index in [9.17, 15) is 13.9 Å². The summed E-state index contributed by atoms with van der Waals surface area (Å²) >= 11 is 0. The van der Waals surface area contributed by atoms with Crippen LogP contribution in [0, 0.1) is 0 Å². The number of hydrogen-bond donors (Lipinski definition) is 2. The lowest BCUT2D eigenvalue weighted by molar-refractivity contribution is -0.0128. The summed E-state index contributed by atoms with van der Waals surface area (Å²) in [6, 6.07) is 9.85. The molecule has 5 rings (SSSR count). The summed E-state index contributed by atoms with van der Waals surface area (Å²) in [5.74, 6) is -1.92. The van der Waals surface area contributed by atoms with Gasteiger partial charge >= 0.3 is 0 Å². The van der Waals surface area contributed by atoms with Crippen molar-refractivity contribution in [1.29, 1.82) is 0 Å². The van der Waals surface area contributed by atoms with Crippen molar-refractivity contribution in [3.8, 4) is 17.0 Å². The van der Waals surface area contributed by atoms with Gasteiger partial charge in [-0.1, -0.05) is 6.07 Å². The Morgan fingerprint density at radius 2 is 2.03 bits per heavy atom. The SMILES string of the molecule is CN(c1ccc(-c2cc3cccnc3cc2O)nn1)[C@@H]1C[C@@H]2CC(F)(F)[C@@H](C1)N2. The number of benzene rings is 1. The monoisotopic (exact) mass is 397 g/mol. The standard InChI is InChI=1S/C21H21F2N5O/c1-28(14-8-13-11-21(22,23)19(9-14)25-13)20-5-4-16(26-27-20)15-7-12-3-2-6-24-17(12)10-18(15)29/h2-7,10,13-14,19,25,29H,8-9,11H2,1H3/t13-,14-,19-/m1/s1. The van der Waals surface area contributed by atoms with Gasteiger partial charge in [0, 0.05) is 48.8 Å². The summed E-state index contributed by atoms with van der Waals surface area (Å²) < 4.78 is 28.0. The molecule has 2 N–H and O–H groups in total. The summed E-state index contributed by atoms with van der Waals surface area (Å²) in [5, 5.41) is 22.9. The van der Waals surface area contributed by atoms with E-state index >= 15 is 0 Å². The van der Waals surface area contributed by atoms with E-state index in [4.69, 9.17) is 0 Å². The first-order chi connectivity index (χ1) is 13.9. The fourth-order valence-electron chi connectivity index (χ4n) is 4.50. The molecule has 3 atom stereocenters. The molecule has 2 aliphatic rings. The first kappa shape index (κ1) is 18.2. The van der Waals surface area contributed by atoms with Crippen molar-refractivity contribution in [2.75, 3.05) is 11.9 Å². The van der Waals surface area contributed by atoms with Gasteiger partial charge in [0.15, 0.2) is 5.82 Å². The number of pyridine rings is 1. The van der Waals surface area contributed by atoms with Crippen LogP contribution in [0.4, 0.5) is 14.6 Å². The van der Waals surface area contributed by atoms with Crippen molar-refractivity contribution in [2.45, 2.75) is 43.3 Å². The van der Waals surface area contributed by atoms with E-state index in [-0.39, 0.29) is 24.3 Å².